The van der Waals surface area contributed by atoms with Gasteiger partial charge in [-0.3, -0.25) is 4.90 Å². The molecule has 3 heteroatoms. The van der Waals surface area contributed by atoms with Gasteiger partial charge in [0.2, 0.25) is 0 Å². The molecule has 0 radical (unpaired) electrons. The molecule has 2 aliphatic rings. The third-order valence-corrected chi connectivity index (χ3v) is 5.48. The lowest BCUT2D eigenvalue weighted by Crippen LogP contribution is -2.58. The Balaban J connectivity index is 1.98. The zero-order valence-electron chi connectivity index (χ0n) is 12.2. The lowest BCUT2D eigenvalue weighted by Gasteiger charge is -2.50. The molecule has 0 unspecified atom stereocenters. The molecule has 0 aromatic carbocycles. The first-order chi connectivity index (χ1) is 8.72. The standard InChI is InChI=1S/C15H30N2O/c1-3-13-4-8-15(12-16,9-5-13)17(2)14-6-10-18-11-7-14/h13-14H,3-12,16H2,1-2H3. The van der Waals surface area contributed by atoms with E-state index in [1.165, 1.54) is 44.9 Å². The van der Waals surface area contributed by atoms with Crippen LogP contribution in [0.4, 0.5) is 0 Å². The predicted molar refractivity (Wildman–Crippen MR) is 75.6 cm³/mol. The number of hydrogen-bond donors (Lipinski definition) is 1. The summed E-state index contributed by atoms with van der Waals surface area (Å²) in [6.45, 7) is 4.99. The van der Waals surface area contributed by atoms with Gasteiger partial charge in [0, 0.05) is 31.3 Å². The van der Waals surface area contributed by atoms with Crippen molar-refractivity contribution in [2.45, 2.75) is 63.5 Å². The number of likely N-dealkylation sites (N-methyl/N-ethyl adjacent to an activating group) is 1. The van der Waals surface area contributed by atoms with Crippen molar-refractivity contribution in [3.63, 3.8) is 0 Å². The van der Waals surface area contributed by atoms with E-state index in [2.05, 4.69) is 18.9 Å². The highest BCUT2D eigenvalue weighted by atomic mass is 16.5. The molecule has 1 aliphatic heterocycles. The van der Waals surface area contributed by atoms with Crippen LogP contribution >= 0.6 is 0 Å². The Morgan fingerprint density at radius 1 is 1.17 bits per heavy atom. The molecule has 18 heavy (non-hydrogen) atoms. The summed E-state index contributed by atoms with van der Waals surface area (Å²) in [4.78, 5) is 2.61. The molecule has 2 fully saturated rings. The third kappa shape index (κ3) is 2.89. The average Bonchev–Trinajstić information content (AvgIpc) is 2.47. The molecular weight excluding hydrogens is 224 g/mol. The van der Waals surface area contributed by atoms with Crippen LogP contribution in [0.1, 0.15) is 51.9 Å². The Labute approximate surface area is 112 Å². The maximum absolute atomic E-state index is 6.16. The van der Waals surface area contributed by atoms with Crippen LogP contribution in [0.25, 0.3) is 0 Å². The molecule has 2 N–H and O–H groups in total. The molecule has 0 amide bonds. The second kappa shape index (κ2) is 6.36. The third-order valence-electron chi connectivity index (χ3n) is 5.48. The summed E-state index contributed by atoms with van der Waals surface area (Å²) < 4.78 is 5.48. The van der Waals surface area contributed by atoms with Gasteiger partial charge in [0.25, 0.3) is 0 Å². The molecule has 1 aliphatic carbocycles. The normalized spacial score (nSPS) is 35.0. The van der Waals surface area contributed by atoms with Gasteiger partial charge < -0.3 is 10.5 Å². The highest BCUT2D eigenvalue weighted by Crippen LogP contribution is 2.38. The minimum Gasteiger partial charge on any atom is -0.381 e. The maximum atomic E-state index is 6.16. The van der Waals surface area contributed by atoms with E-state index in [0.717, 1.165) is 25.7 Å². The lowest BCUT2D eigenvalue weighted by atomic mass is 9.74. The van der Waals surface area contributed by atoms with Crippen molar-refractivity contribution >= 4 is 0 Å². The summed E-state index contributed by atoms with van der Waals surface area (Å²) in [5, 5.41) is 0. The van der Waals surface area contributed by atoms with Crippen LogP contribution in [0, 0.1) is 5.92 Å². The minimum atomic E-state index is 0.272. The first-order valence-electron chi connectivity index (χ1n) is 7.72. The van der Waals surface area contributed by atoms with Crippen LogP contribution in [0.5, 0.6) is 0 Å². The number of nitrogens with two attached hydrogens (primary N) is 1. The first-order valence-corrected chi connectivity index (χ1v) is 7.72. The Morgan fingerprint density at radius 3 is 2.28 bits per heavy atom. The largest absolute Gasteiger partial charge is 0.381 e. The van der Waals surface area contributed by atoms with Crippen LogP contribution in [-0.2, 0) is 4.74 Å². The number of rotatable bonds is 4. The monoisotopic (exact) mass is 254 g/mol. The van der Waals surface area contributed by atoms with Crippen LogP contribution in [0.2, 0.25) is 0 Å². The van der Waals surface area contributed by atoms with Gasteiger partial charge in [0.15, 0.2) is 0 Å². The molecule has 1 heterocycles. The highest BCUT2D eigenvalue weighted by Gasteiger charge is 2.40. The Bertz CT molecular complexity index is 243. The molecule has 3 nitrogen and oxygen atoms in total. The van der Waals surface area contributed by atoms with Gasteiger partial charge in [-0.15, -0.1) is 0 Å². The van der Waals surface area contributed by atoms with Crippen molar-refractivity contribution < 1.29 is 4.74 Å². The fourth-order valence-electron chi connectivity index (χ4n) is 3.78. The maximum Gasteiger partial charge on any atom is 0.0480 e. The molecule has 106 valence electrons. The molecule has 2 rings (SSSR count). The molecule has 0 aromatic heterocycles. The van der Waals surface area contributed by atoms with Crippen LogP contribution in [-0.4, -0.2) is 43.3 Å². The lowest BCUT2D eigenvalue weighted by molar-refractivity contribution is -0.0217. The van der Waals surface area contributed by atoms with Gasteiger partial charge in [-0.1, -0.05) is 13.3 Å². The predicted octanol–water partition coefficient (Wildman–Crippen LogP) is 2.39. The molecular formula is C15H30N2O. The zero-order chi connectivity index (χ0) is 13.0. The smallest absolute Gasteiger partial charge is 0.0480 e. The number of ether oxygens (including phenoxy) is 1. The van der Waals surface area contributed by atoms with Gasteiger partial charge in [-0.25, -0.2) is 0 Å². The summed E-state index contributed by atoms with van der Waals surface area (Å²) in [5.41, 5.74) is 6.43. The van der Waals surface area contributed by atoms with Crippen molar-refractivity contribution in [3.05, 3.63) is 0 Å². The summed E-state index contributed by atoms with van der Waals surface area (Å²) in [6.07, 6.45) is 8.99. The second-order valence-corrected chi connectivity index (χ2v) is 6.23. The molecule has 0 bridgehead atoms. The number of hydrogen-bond acceptors (Lipinski definition) is 3. The van der Waals surface area contributed by atoms with E-state index in [1.54, 1.807) is 0 Å². The fraction of sp³-hybridized carbons (Fsp3) is 1.00. The summed E-state index contributed by atoms with van der Waals surface area (Å²) >= 11 is 0. The van der Waals surface area contributed by atoms with Crippen molar-refractivity contribution in [2.24, 2.45) is 11.7 Å². The zero-order valence-corrected chi connectivity index (χ0v) is 12.2. The van der Waals surface area contributed by atoms with Crippen molar-refractivity contribution in [3.8, 4) is 0 Å². The topological polar surface area (TPSA) is 38.5 Å². The summed E-state index contributed by atoms with van der Waals surface area (Å²) in [5.74, 6) is 0.938. The molecule has 0 spiro atoms. The quantitative estimate of drug-likeness (QED) is 0.837. The van der Waals surface area contributed by atoms with Crippen LogP contribution in [0.3, 0.4) is 0 Å². The highest BCUT2D eigenvalue weighted by molar-refractivity contribution is 4.97. The minimum absolute atomic E-state index is 0.272. The van der Waals surface area contributed by atoms with Gasteiger partial charge in [0.1, 0.15) is 0 Å². The molecule has 0 aromatic rings. The summed E-state index contributed by atoms with van der Waals surface area (Å²) in [6, 6.07) is 0.681. The van der Waals surface area contributed by atoms with E-state index in [9.17, 15) is 0 Å². The Morgan fingerprint density at radius 2 is 1.78 bits per heavy atom. The van der Waals surface area contributed by atoms with Crippen LogP contribution < -0.4 is 5.73 Å². The van der Waals surface area contributed by atoms with E-state index in [-0.39, 0.29) is 5.54 Å². The Hall–Kier alpha value is -0.120. The van der Waals surface area contributed by atoms with Gasteiger partial charge in [-0.2, -0.15) is 0 Å². The molecule has 1 saturated carbocycles. The number of nitrogens with zero attached hydrogens (tertiary/aromatic N) is 1. The van der Waals surface area contributed by atoms with Crippen molar-refractivity contribution in [2.75, 3.05) is 26.8 Å². The fourth-order valence-corrected chi connectivity index (χ4v) is 3.78. The van der Waals surface area contributed by atoms with Crippen molar-refractivity contribution in [1.29, 1.82) is 0 Å². The SMILES string of the molecule is CCC1CCC(CN)(N(C)C2CCOCC2)CC1. The molecule has 1 saturated heterocycles. The second-order valence-electron chi connectivity index (χ2n) is 6.23. The van der Waals surface area contributed by atoms with E-state index < -0.39 is 0 Å². The van der Waals surface area contributed by atoms with E-state index in [0.29, 0.717) is 6.04 Å². The van der Waals surface area contributed by atoms with Gasteiger partial charge >= 0.3 is 0 Å². The molecule has 0 atom stereocenters. The van der Waals surface area contributed by atoms with E-state index in [1.807, 2.05) is 0 Å². The van der Waals surface area contributed by atoms with Gasteiger partial charge in [0.05, 0.1) is 0 Å². The van der Waals surface area contributed by atoms with E-state index >= 15 is 0 Å². The Kier molecular flexibility index (Phi) is 5.05. The van der Waals surface area contributed by atoms with Crippen LogP contribution in [0.15, 0.2) is 0 Å². The van der Waals surface area contributed by atoms with Crippen molar-refractivity contribution in [1.82, 2.24) is 4.90 Å². The first kappa shape index (κ1) is 14.3. The van der Waals surface area contributed by atoms with Gasteiger partial charge in [-0.05, 0) is 51.5 Å². The average molecular weight is 254 g/mol. The van der Waals surface area contributed by atoms with E-state index in [4.69, 9.17) is 10.5 Å². The summed E-state index contributed by atoms with van der Waals surface area (Å²) in [7, 11) is 2.30.